The molecule has 2 aromatic rings. The molecule has 1 aromatic heterocycles. The summed E-state index contributed by atoms with van der Waals surface area (Å²) in [6.07, 6.45) is 4.67. The molecule has 0 bridgehead atoms. The molecule has 2 aliphatic rings. The van der Waals surface area contributed by atoms with Crippen molar-refractivity contribution in [2.75, 3.05) is 37.7 Å². The van der Waals surface area contributed by atoms with Gasteiger partial charge in [0.15, 0.2) is 0 Å². The Balaban J connectivity index is 1.64. The van der Waals surface area contributed by atoms with Gasteiger partial charge in [0.1, 0.15) is 0 Å². The number of benzene rings is 1. The van der Waals surface area contributed by atoms with Crippen molar-refractivity contribution in [3.8, 4) is 0 Å². The van der Waals surface area contributed by atoms with Gasteiger partial charge in [0.25, 0.3) is 0 Å². The number of amides is 1. The largest absolute Gasteiger partial charge is 0.396 e. The zero-order valence-corrected chi connectivity index (χ0v) is 14.8. The van der Waals surface area contributed by atoms with Crippen molar-refractivity contribution < 1.29 is 9.90 Å². The summed E-state index contributed by atoms with van der Waals surface area (Å²) in [6.45, 7) is 3.06. The van der Waals surface area contributed by atoms with Crippen LogP contribution in [0.15, 0.2) is 48.8 Å². The van der Waals surface area contributed by atoms with Gasteiger partial charge < -0.3 is 14.9 Å². The van der Waals surface area contributed by atoms with E-state index in [2.05, 4.69) is 39.1 Å². The maximum absolute atomic E-state index is 12.3. The van der Waals surface area contributed by atoms with E-state index in [-0.39, 0.29) is 24.3 Å². The van der Waals surface area contributed by atoms with Crippen LogP contribution in [0.2, 0.25) is 0 Å². The van der Waals surface area contributed by atoms with Crippen molar-refractivity contribution in [3.05, 3.63) is 54.4 Å². The Hall–Kier alpha value is -2.47. The molecule has 2 fully saturated rings. The number of carbonyl (C=O) groups excluding carboxylic acids is 1. The molecule has 6 nitrogen and oxygen atoms in total. The Morgan fingerprint density at radius 3 is 2.65 bits per heavy atom. The van der Waals surface area contributed by atoms with Crippen molar-refractivity contribution in [2.45, 2.75) is 18.3 Å². The van der Waals surface area contributed by atoms with Gasteiger partial charge in [-0.05, 0) is 18.1 Å². The molecule has 6 heteroatoms. The third-order valence-corrected chi connectivity index (χ3v) is 5.83. The van der Waals surface area contributed by atoms with E-state index in [1.165, 1.54) is 5.56 Å². The first-order chi connectivity index (χ1) is 12.7. The summed E-state index contributed by atoms with van der Waals surface area (Å²) in [7, 11) is 0. The minimum atomic E-state index is -0.0895. The molecule has 0 radical (unpaired) electrons. The quantitative estimate of drug-likeness (QED) is 0.902. The van der Waals surface area contributed by atoms with Crippen LogP contribution in [-0.4, -0.2) is 58.7 Å². The van der Waals surface area contributed by atoms with Gasteiger partial charge in [-0.25, -0.2) is 9.97 Å². The van der Waals surface area contributed by atoms with Crippen LogP contribution in [0.3, 0.4) is 0 Å². The summed E-state index contributed by atoms with van der Waals surface area (Å²) in [5.41, 5.74) is 1.34. The van der Waals surface area contributed by atoms with E-state index < -0.39 is 0 Å². The molecule has 4 rings (SSSR count). The number of likely N-dealkylation sites (tertiary alicyclic amines) is 1. The summed E-state index contributed by atoms with van der Waals surface area (Å²) >= 11 is 0. The molecule has 0 unspecified atom stereocenters. The number of rotatable bonds is 4. The molecule has 1 aromatic carbocycles. The number of anilines is 1. The Bertz CT molecular complexity index is 755. The molecular weight excluding hydrogens is 328 g/mol. The predicted molar refractivity (Wildman–Crippen MR) is 98.8 cm³/mol. The minimum absolute atomic E-state index is 0.0104. The molecule has 26 heavy (non-hydrogen) atoms. The predicted octanol–water partition coefficient (Wildman–Crippen LogP) is 1.47. The van der Waals surface area contributed by atoms with Gasteiger partial charge in [-0.2, -0.15) is 0 Å². The van der Waals surface area contributed by atoms with Crippen LogP contribution in [0.1, 0.15) is 18.4 Å². The van der Waals surface area contributed by atoms with Gasteiger partial charge in [0.05, 0.1) is 6.61 Å². The van der Waals surface area contributed by atoms with Crippen molar-refractivity contribution in [1.29, 1.82) is 0 Å². The minimum Gasteiger partial charge on any atom is -0.396 e. The molecule has 0 aliphatic carbocycles. The van der Waals surface area contributed by atoms with Gasteiger partial charge in [-0.1, -0.05) is 30.3 Å². The highest BCUT2D eigenvalue weighted by molar-refractivity contribution is 5.76. The third kappa shape index (κ3) is 2.94. The van der Waals surface area contributed by atoms with Gasteiger partial charge in [-0.15, -0.1) is 0 Å². The maximum atomic E-state index is 12.3. The van der Waals surface area contributed by atoms with E-state index in [0.717, 1.165) is 38.5 Å². The van der Waals surface area contributed by atoms with E-state index in [1.54, 1.807) is 12.4 Å². The average Bonchev–Trinajstić information content (AvgIpc) is 3.09. The summed E-state index contributed by atoms with van der Waals surface area (Å²) in [5.74, 6) is 1.12. The maximum Gasteiger partial charge on any atom is 0.225 e. The van der Waals surface area contributed by atoms with Crippen molar-refractivity contribution in [2.24, 2.45) is 5.92 Å². The number of fused-ring (bicyclic) bond motifs is 1. The van der Waals surface area contributed by atoms with Gasteiger partial charge in [-0.3, -0.25) is 4.79 Å². The van der Waals surface area contributed by atoms with E-state index in [0.29, 0.717) is 5.92 Å². The Kier molecular flexibility index (Phi) is 4.59. The average molecular weight is 352 g/mol. The molecule has 2 aliphatic heterocycles. The smallest absolute Gasteiger partial charge is 0.225 e. The van der Waals surface area contributed by atoms with Crippen LogP contribution >= 0.6 is 0 Å². The molecule has 2 atom stereocenters. The van der Waals surface area contributed by atoms with Gasteiger partial charge in [0, 0.05) is 56.3 Å². The normalized spacial score (nSPS) is 25.2. The van der Waals surface area contributed by atoms with E-state index in [4.69, 9.17) is 5.11 Å². The number of aromatic nitrogens is 2. The van der Waals surface area contributed by atoms with Crippen LogP contribution in [0.4, 0.5) is 5.95 Å². The highest BCUT2D eigenvalue weighted by Gasteiger charge is 2.51. The first-order valence-electron chi connectivity index (χ1n) is 9.19. The molecule has 3 heterocycles. The molecule has 1 amide bonds. The zero-order chi connectivity index (χ0) is 18.0. The fraction of sp³-hybridized carbons (Fsp3) is 0.450. The van der Waals surface area contributed by atoms with Crippen LogP contribution in [0.25, 0.3) is 0 Å². The lowest BCUT2D eigenvalue weighted by molar-refractivity contribution is -0.134. The van der Waals surface area contributed by atoms with E-state index >= 15 is 0 Å². The Morgan fingerprint density at radius 1 is 1.15 bits per heavy atom. The molecule has 1 N–H and O–H groups in total. The fourth-order valence-corrected chi connectivity index (χ4v) is 4.51. The summed E-state index contributed by atoms with van der Waals surface area (Å²) in [4.78, 5) is 25.3. The topological polar surface area (TPSA) is 69.6 Å². The molecule has 0 spiro atoms. The number of carbonyl (C=O) groups is 1. The second kappa shape index (κ2) is 7.03. The van der Waals surface area contributed by atoms with Gasteiger partial charge in [0.2, 0.25) is 11.9 Å². The third-order valence-electron chi connectivity index (χ3n) is 5.83. The lowest BCUT2D eigenvalue weighted by Crippen LogP contribution is -2.51. The van der Waals surface area contributed by atoms with Crippen molar-refractivity contribution in [1.82, 2.24) is 14.9 Å². The van der Waals surface area contributed by atoms with Crippen LogP contribution in [0, 0.1) is 5.92 Å². The molecule has 136 valence electrons. The highest BCUT2D eigenvalue weighted by atomic mass is 16.3. The number of hydrogen-bond acceptors (Lipinski definition) is 5. The second-order valence-corrected chi connectivity index (χ2v) is 7.21. The number of aliphatic hydroxyl groups is 1. The fourth-order valence-electron chi connectivity index (χ4n) is 4.51. The van der Waals surface area contributed by atoms with E-state index in [1.807, 2.05) is 17.0 Å². The van der Waals surface area contributed by atoms with Crippen LogP contribution in [0.5, 0.6) is 0 Å². The lowest BCUT2D eigenvalue weighted by Gasteiger charge is -2.43. The molecule has 0 saturated carbocycles. The van der Waals surface area contributed by atoms with Crippen molar-refractivity contribution >= 4 is 11.9 Å². The number of piperidine rings is 1. The summed E-state index contributed by atoms with van der Waals surface area (Å²) < 4.78 is 0. The zero-order valence-electron chi connectivity index (χ0n) is 14.8. The van der Waals surface area contributed by atoms with Gasteiger partial charge >= 0.3 is 0 Å². The van der Waals surface area contributed by atoms with Crippen LogP contribution < -0.4 is 4.90 Å². The number of nitrogens with zero attached hydrogens (tertiary/aromatic N) is 4. The van der Waals surface area contributed by atoms with Crippen LogP contribution in [-0.2, 0) is 10.2 Å². The van der Waals surface area contributed by atoms with E-state index in [9.17, 15) is 4.79 Å². The first kappa shape index (κ1) is 17.0. The molecular formula is C20H24N4O2. The van der Waals surface area contributed by atoms with Crippen molar-refractivity contribution in [3.63, 3.8) is 0 Å². The SMILES string of the molecule is O=C(CCO)N1CC[C@]2(c3ccccc3)CN(c3ncccn3)C[C@H]2C1. The molecule has 2 saturated heterocycles. The first-order valence-corrected chi connectivity index (χ1v) is 9.19. The summed E-state index contributed by atoms with van der Waals surface area (Å²) in [6, 6.07) is 12.5. The lowest BCUT2D eigenvalue weighted by atomic mass is 9.68. The summed E-state index contributed by atoms with van der Waals surface area (Å²) in [5, 5.41) is 9.10. The highest BCUT2D eigenvalue weighted by Crippen LogP contribution is 2.45. The number of aliphatic hydroxyl groups excluding tert-OH is 1. The standard InChI is InChI=1S/C20H24N4O2/c25-12-7-18(26)23-11-8-20(16-5-2-1-3-6-16)15-24(14-17(20)13-23)19-21-9-4-10-22-19/h1-6,9-10,17,25H,7-8,11-15H2/t17-,20-/m1/s1. The Morgan fingerprint density at radius 2 is 1.92 bits per heavy atom. The Labute approximate surface area is 153 Å². The number of hydrogen-bond donors (Lipinski definition) is 1. The monoisotopic (exact) mass is 352 g/mol. The second-order valence-electron chi connectivity index (χ2n) is 7.21.